The van der Waals surface area contributed by atoms with Crippen LogP contribution in [0.3, 0.4) is 0 Å². The molecule has 0 radical (unpaired) electrons. The molecule has 19 heavy (non-hydrogen) atoms. The SMILES string of the molecule is CN(C1CCCCCC1)C(CN)c1ccc(Br)cc1. The van der Waals surface area contributed by atoms with Gasteiger partial charge in [-0.05, 0) is 37.6 Å². The van der Waals surface area contributed by atoms with Gasteiger partial charge >= 0.3 is 0 Å². The van der Waals surface area contributed by atoms with E-state index in [1.54, 1.807) is 0 Å². The lowest BCUT2D eigenvalue weighted by atomic mass is 10.0. The molecule has 0 amide bonds. The zero-order chi connectivity index (χ0) is 13.7. The Morgan fingerprint density at radius 2 is 1.74 bits per heavy atom. The Kier molecular flexibility index (Phi) is 5.86. The summed E-state index contributed by atoms with van der Waals surface area (Å²) in [5.41, 5.74) is 7.37. The average molecular weight is 325 g/mol. The van der Waals surface area contributed by atoms with Crippen molar-refractivity contribution in [2.24, 2.45) is 5.73 Å². The van der Waals surface area contributed by atoms with Crippen molar-refractivity contribution < 1.29 is 0 Å². The fourth-order valence-electron chi connectivity index (χ4n) is 3.14. The van der Waals surface area contributed by atoms with Crippen molar-refractivity contribution in [3.63, 3.8) is 0 Å². The van der Waals surface area contributed by atoms with Crippen LogP contribution in [0.15, 0.2) is 28.7 Å². The molecule has 3 heteroatoms. The smallest absolute Gasteiger partial charge is 0.0470 e. The molecule has 1 aliphatic carbocycles. The summed E-state index contributed by atoms with van der Waals surface area (Å²) in [6.07, 6.45) is 8.18. The molecule has 1 aromatic rings. The minimum absolute atomic E-state index is 0.344. The van der Waals surface area contributed by atoms with Gasteiger partial charge < -0.3 is 5.73 Å². The summed E-state index contributed by atoms with van der Waals surface area (Å²) in [5, 5.41) is 0. The molecule has 2 nitrogen and oxygen atoms in total. The molecule has 0 heterocycles. The maximum absolute atomic E-state index is 6.04. The number of hydrogen-bond donors (Lipinski definition) is 1. The Morgan fingerprint density at radius 3 is 2.26 bits per heavy atom. The molecule has 1 aliphatic rings. The van der Waals surface area contributed by atoms with E-state index in [0.717, 1.165) is 4.47 Å². The molecule has 0 bridgehead atoms. The van der Waals surface area contributed by atoms with Crippen LogP contribution in [0.5, 0.6) is 0 Å². The van der Waals surface area contributed by atoms with Gasteiger partial charge in [0, 0.05) is 23.1 Å². The second-order valence-corrected chi connectivity index (χ2v) is 6.53. The molecule has 0 spiro atoms. The minimum atomic E-state index is 0.344. The Balaban J connectivity index is 2.09. The van der Waals surface area contributed by atoms with Crippen molar-refractivity contribution in [2.75, 3.05) is 13.6 Å². The van der Waals surface area contributed by atoms with Gasteiger partial charge in [0.25, 0.3) is 0 Å². The highest BCUT2D eigenvalue weighted by Crippen LogP contribution is 2.28. The summed E-state index contributed by atoms with van der Waals surface area (Å²) in [6, 6.07) is 9.64. The summed E-state index contributed by atoms with van der Waals surface area (Å²) >= 11 is 3.50. The van der Waals surface area contributed by atoms with Gasteiger partial charge in [-0.2, -0.15) is 0 Å². The first kappa shape index (κ1) is 15.0. The minimum Gasteiger partial charge on any atom is -0.329 e. The number of benzene rings is 1. The fraction of sp³-hybridized carbons (Fsp3) is 0.625. The van der Waals surface area contributed by atoms with E-state index in [1.165, 1.54) is 44.1 Å². The molecule has 0 aliphatic heterocycles. The monoisotopic (exact) mass is 324 g/mol. The van der Waals surface area contributed by atoms with Crippen LogP contribution in [0.4, 0.5) is 0 Å². The highest BCUT2D eigenvalue weighted by Gasteiger charge is 2.23. The van der Waals surface area contributed by atoms with Crippen LogP contribution >= 0.6 is 15.9 Å². The third-order valence-corrected chi connectivity index (χ3v) is 4.90. The van der Waals surface area contributed by atoms with E-state index in [1.807, 2.05) is 0 Å². The van der Waals surface area contributed by atoms with Crippen molar-refractivity contribution in [3.05, 3.63) is 34.3 Å². The van der Waals surface area contributed by atoms with E-state index < -0.39 is 0 Å². The van der Waals surface area contributed by atoms with Crippen LogP contribution in [0.2, 0.25) is 0 Å². The van der Waals surface area contributed by atoms with Crippen molar-refractivity contribution in [2.45, 2.75) is 50.6 Å². The van der Waals surface area contributed by atoms with E-state index in [2.05, 4.69) is 52.1 Å². The van der Waals surface area contributed by atoms with Gasteiger partial charge in [-0.3, -0.25) is 4.90 Å². The number of hydrogen-bond acceptors (Lipinski definition) is 2. The molecule has 1 atom stereocenters. The second kappa shape index (κ2) is 7.41. The molecule has 2 rings (SSSR count). The van der Waals surface area contributed by atoms with Gasteiger partial charge in [0.05, 0.1) is 0 Å². The van der Waals surface area contributed by atoms with Crippen LogP contribution in [0, 0.1) is 0 Å². The predicted molar refractivity (Wildman–Crippen MR) is 85.2 cm³/mol. The topological polar surface area (TPSA) is 29.3 Å². The van der Waals surface area contributed by atoms with Gasteiger partial charge in [0.15, 0.2) is 0 Å². The highest BCUT2D eigenvalue weighted by atomic mass is 79.9. The Labute approximate surface area is 125 Å². The quantitative estimate of drug-likeness (QED) is 0.845. The summed E-state index contributed by atoms with van der Waals surface area (Å²) in [7, 11) is 2.25. The van der Waals surface area contributed by atoms with E-state index in [0.29, 0.717) is 18.6 Å². The summed E-state index contributed by atoms with van der Waals surface area (Å²) in [5.74, 6) is 0. The lowest BCUT2D eigenvalue weighted by Crippen LogP contribution is -2.38. The number of nitrogens with two attached hydrogens (primary N) is 1. The normalized spacial score (nSPS) is 19.4. The maximum Gasteiger partial charge on any atom is 0.0470 e. The van der Waals surface area contributed by atoms with Crippen LogP contribution in [-0.4, -0.2) is 24.5 Å². The molecular formula is C16H25BrN2. The van der Waals surface area contributed by atoms with E-state index in [-0.39, 0.29) is 0 Å². The van der Waals surface area contributed by atoms with E-state index in [9.17, 15) is 0 Å². The van der Waals surface area contributed by atoms with Crippen LogP contribution in [0.1, 0.15) is 50.1 Å². The zero-order valence-corrected chi connectivity index (χ0v) is 13.4. The van der Waals surface area contributed by atoms with Crippen LogP contribution in [0.25, 0.3) is 0 Å². The van der Waals surface area contributed by atoms with Gasteiger partial charge in [-0.15, -0.1) is 0 Å². The first-order valence-corrected chi connectivity index (χ1v) is 8.19. The third-order valence-electron chi connectivity index (χ3n) is 4.37. The highest BCUT2D eigenvalue weighted by molar-refractivity contribution is 9.10. The van der Waals surface area contributed by atoms with Gasteiger partial charge in [-0.1, -0.05) is 53.7 Å². The van der Waals surface area contributed by atoms with Crippen molar-refractivity contribution in [3.8, 4) is 0 Å². The van der Waals surface area contributed by atoms with Gasteiger partial charge in [0.2, 0.25) is 0 Å². The summed E-state index contributed by atoms with van der Waals surface area (Å²) < 4.78 is 1.13. The molecule has 0 saturated heterocycles. The van der Waals surface area contributed by atoms with Crippen LogP contribution < -0.4 is 5.73 Å². The molecule has 106 valence electrons. The number of halogens is 1. The zero-order valence-electron chi connectivity index (χ0n) is 11.8. The lowest BCUT2D eigenvalue weighted by molar-refractivity contribution is 0.161. The Hall–Kier alpha value is -0.380. The van der Waals surface area contributed by atoms with Crippen molar-refractivity contribution in [1.29, 1.82) is 0 Å². The molecule has 2 N–H and O–H groups in total. The van der Waals surface area contributed by atoms with Gasteiger partial charge in [-0.25, -0.2) is 0 Å². The van der Waals surface area contributed by atoms with Gasteiger partial charge in [0.1, 0.15) is 0 Å². The number of likely N-dealkylation sites (N-methyl/N-ethyl adjacent to an activating group) is 1. The Bertz CT molecular complexity index is 369. The molecule has 1 aromatic carbocycles. The van der Waals surface area contributed by atoms with Crippen LogP contribution in [-0.2, 0) is 0 Å². The number of nitrogens with zero attached hydrogens (tertiary/aromatic N) is 1. The van der Waals surface area contributed by atoms with Crippen molar-refractivity contribution >= 4 is 15.9 Å². The standard InChI is InChI=1S/C16H25BrN2/c1-19(15-6-4-2-3-5-7-15)16(12-18)13-8-10-14(17)11-9-13/h8-11,15-16H,2-7,12,18H2,1H3. The fourth-order valence-corrected chi connectivity index (χ4v) is 3.41. The summed E-state index contributed by atoms with van der Waals surface area (Å²) in [4.78, 5) is 2.51. The number of rotatable bonds is 4. The molecule has 1 saturated carbocycles. The second-order valence-electron chi connectivity index (χ2n) is 5.61. The van der Waals surface area contributed by atoms with E-state index in [4.69, 9.17) is 5.73 Å². The molecule has 0 aromatic heterocycles. The summed E-state index contributed by atoms with van der Waals surface area (Å²) in [6.45, 7) is 0.689. The van der Waals surface area contributed by atoms with Crippen molar-refractivity contribution in [1.82, 2.24) is 4.90 Å². The molecule has 1 fully saturated rings. The third kappa shape index (κ3) is 4.04. The molecule has 1 unspecified atom stereocenters. The lowest BCUT2D eigenvalue weighted by Gasteiger charge is -2.34. The maximum atomic E-state index is 6.04. The molecular weight excluding hydrogens is 300 g/mol. The first-order chi connectivity index (χ1) is 9.22. The predicted octanol–water partition coefficient (Wildman–Crippen LogP) is 4.10. The average Bonchev–Trinajstić information content (AvgIpc) is 2.70. The largest absolute Gasteiger partial charge is 0.329 e. The first-order valence-electron chi connectivity index (χ1n) is 7.40. The van der Waals surface area contributed by atoms with E-state index >= 15 is 0 Å². The Morgan fingerprint density at radius 1 is 1.16 bits per heavy atom.